The quantitative estimate of drug-likeness (QED) is 0.279. The van der Waals surface area contributed by atoms with Crippen LogP contribution in [-0.4, -0.2) is 38.6 Å². The second-order valence-electron chi connectivity index (χ2n) is 7.15. The van der Waals surface area contributed by atoms with Crippen molar-refractivity contribution < 1.29 is 0 Å². The Kier molecular flexibility index (Phi) is 25.0. The molecule has 0 rings (SSSR count). The van der Waals surface area contributed by atoms with Crippen LogP contribution in [0.5, 0.6) is 0 Å². The van der Waals surface area contributed by atoms with Gasteiger partial charge in [-0.1, -0.05) is 90.4 Å². The number of hydrogen-bond acceptors (Lipinski definition) is 2. The van der Waals surface area contributed by atoms with Crippen LogP contribution in [0.4, 0.5) is 0 Å². The van der Waals surface area contributed by atoms with E-state index in [0.29, 0.717) is 0 Å². The van der Waals surface area contributed by atoms with Gasteiger partial charge in [0.25, 0.3) is 0 Å². The van der Waals surface area contributed by atoms with E-state index in [4.69, 9.17) is 0 Å². The molecule has 0 spiro atoms. The molecule has 0 aromatic carbocycles. The molecule has 0 fully saturated rings. The second kappa shape index (κ2) is 22.4. The molecule has 0 radical (unpaired) electrons. The lowest BCUT2D eigenvalue weighted by Crippen LogP contribution is -2.27. The molecule has 1 N–H and O–H groups in total. The van der Waals surface area contributed by atoms with E-state index in [1.165, 1.54) is 96.4 Å². The summed E-state index contributed by atoms with van der Waals surface area (Å²) in [5, 5.41) is 3.52. The van der Waals surface area contributed by atoms with Crippen molar-refractivity contribution in [1.82, 2.24) is 10.2 Å². The molecule has 0 atom stereocenters. The molecule has 0 unspecified atom stereocenters. The van der Waals surface area contributed by atoms with Gasteiger partial charge in [0, 0.05) is 13.1 Å². The molecule has 0 heterocycles. The van der Waals surface area contributed by atoms with Gasteiger partial charge in [0.2, 0.25) is 0 Å². The van der Waals surface area contributed by atoms with E-state index in [-0.39, 0.29) is 17.0 Å². The first kappa shape index (κ1) is 25.6. The van der Waals surface area contributed by atoms with Crippen molar-refractivity contribution in [2.24, 2.45) is 0 Å². The average Bonchev–Trinajstić information content (AvgIpc) is 2.50. The number of halogens is 1. The van der Waals surface area contributed by atoms with E-state index < -0.39 is 0 Å². The number of rotatable bonds is 18. The Morgan fingerprint density at radius 3 is 1.35 bits per heavy atom. The topological polar surface area (TPSA) is 15.3 Å². The van der Waals surface area contributed by atoms with Crippen LogP contribution < -0.4 is 5.32 Å². The molecule has 0 bridgehead atoms. The van der Waals surface area contributed by atoms with Gasteiger partial charge in [0.05, 0.1) is 0 Å². The van der Waals surface area contributed by atoms with E-state index >= 15 is 0 Å². The van der Waals surface area contributed by atoms with E-state index in [9.17, 15) is 0 Å². The van der Waals surface area contributed by atoms with Crippen LogP contribution >= 0.6 is 17.0 Å². The van der Waals surface area contributed by atoms with E-state index in [2.05, 4.69) is 31.2 Å². The maximum Gasteiger partial charge on any atom is 0.0101 e. The summed E-state index contributed by atoms with van der Waals surface area (Å²) in [4.78, 5) is 2.23. The molecule has 0 aliphatic carbocycles. The summed E-state index contributed by atoms with van der Waals surface area (Å²) in [6, 6.07) is 0. The maximum atomic E-state index is 3.52. The smallest absolute Gasteiger partial charge is 0.0101 e. The van der Waals surface area contributed by atoms with E-state index in [0.717, 1.165) is 13.1 Å². The SMILES string of the molecule is Br.CCCCCCCCCCCCCCCCNCCN(C)C. The van der Waals surface area contributed by atoms with Crippen molar-refractivity contribution in [1.29, 1.82) is 0 Å². The van der Waals surface area contributed by atoms with Crippen molar-refractivity contribution in [2.75, 3.05) is 33.7 Å². The summed E-state index contributed by atoms with van der Waals surface area (Å²) in [6.45, 7) is 5.78. The summed E-state index contributed by atoms with van der Waals surface area (Å²) < 4.78 is 0. The van der Waals surface area contributed by atoms with Crippen molar-refractivity contribution in [2.45, 2.75) is 96.8 Å². The second-order valence-corrected chi connectivity index (χ2v) is 7.15. The monoisotopic (exact) mass is 392 g/mol. The highest BCUT2D eigenvalue weighted by Crippen LogP contribution is 2.12. The lowest BCUT2D eigenvalue weighted by atomic mass is 10.0. The molecular formula is C20H45BrN2. The molecular weight excluding hydrogens is 348 g/mol. The highest BCUT2D eigenvalue weighted by molar-refractivity contribution is 8.93. The predicted molar refractivity (Wildman–Crippen MR) is 112 cm³/mol. The standard InChI is InChI=1S/C20H44N2.BrH/c1-4-5-6-7-8-9-10-11-12-13-14-15-16-17-18-21-19-20-22(2)3;/h21H,4-20H2,1-3H3;1H. The number of hydrogen-bond donors (Lipinski definition) is 1. The largest absolute Gasteiger partial charge is 0.315 e. The fourth-order valence-electron chi connectivity index (χ4n) is 2.87. The number of likely N-dealkylation sites (N-methyl/N-ethyl adjacent to an activating group) is 1. The molecule has 0 aromatic heterocycles. The molecule has 23 heavy (non-hydrogen) atoms. The summed E-state index contributed by atoms with van der Waals surface area (Å²) in [7, 11) is 4.27. The highest BCUT2D eigenvalue weighted by atomic mass is 79.9. The lowest BCUT2D eigenvalue weighted by molar-refractivity contribution is 0.398. The van der Waals surface area contributed by atoms with Gasteiger partial charge in [-0.15, -0.1) is 17.0 Å². The zero-order chi connectivity index (χ0) is 16.3. The lowest BCUT2D eigenvalue weighted by Gasteiger charge is -2.10. The highest BCUT2D eigenvalue weighted by Gasteiger charge is 1.94. The van der Waals surface area contributed by atoms with Gasteiger partial charge >= 0.3 is 0 Å². The van der Waals surface area contributed by atoms with Gasteiger partial charge in [-0.05, 0) is 27.1 Å². The number of unbranched alkanes of at least 4 members (excludes halogenated alkanes) is 13. The molecule has 0 saturated heterocycles. The van der Waals surface area contributed by atoms with Crippen molar-refractivity contribution in [3.63, 3.8) is 0 Å². The molecule has 142 valence electrons. The summed E-state index contributed by atoms with van der Waals surface area (Å²) in [5.41, 5.74) is 0. The molecule has 2 nitrogen and oxygen atoms in total. The third kappa shape index (κ3) is 24.8. The first-order valence-electron chi connectivity index (χ1n) is 10.1. The fourth-order valence-corrected chi connectivity index (χ4v) is 2.87. The minimum atomic E-state index is 0. The van der Waals surface area contributed by atoms with Gasteiger partial charge < -0.3 is 10.2 Å². The third-order valence-electron chi connectivity index (χ3n) is 4.44. The summed E-state index contributed by atoms with van der Waals surface area (Å²) in [5.74, 6) is 0. The van der Waals surface area contributed by atoms with Gasteiger partial charge in [-0.2, -0.15) is 0 Å². The van der Waals surface area contributed by atoms with E-state index in [1.807, 2.05) is 0 Å². The van der Waals surface area contributed by atoms with Crippen LogP contribution in [0, 0.1) is 0 Å². The van der Waals surface area contributed by atoms with Crippen LogP contribution in [-0.2, 0) is 0 Å². The molecule has 0 saturated carbocycles. The number of nitrogens with one attached hydrogen (secondary N) is 1. The van der Waals surface area contributed by atoms with E-state index in [1.54, 1.807) is 0 Å². The predicted octanol–water partition coefficient (Wildman–Crippen LogP) is 6.20. The zero-order valence-corrected chi connectivity index (χ0v) is 18.1. The third-order valence-corrected chi connectivity index (χ3v) is 4.44. The minimum Gasteiger partial charge on any atom is -0.315 e. The van der Waals surface area contributed by atoms with Crippen molar-refractivity contribution in [3.8, 4) is 0 Å². The van der Waals surface area contributed by atoms with Crippen LogP contribution in [0.1, 0.15) is 96.8 Å². The molecule has 0 aromatic rings. The van der Waals surface area contributed by atoms with Crippen LogP contribution in [0.2, 0.25) is 0 Å². The van der Waals surface area contributed by atoms with Gasteiger partial charge in [-0.3, -0.25) is 0 Å². The Morgan fingerprint density at radius 1 is 0.565 bits per heavy atom. The first-order valence-corrected chi connectivity index (χ1v) is 10.1. The van der Waals surface area contributed by atoms with Gasteiger partial charge in [0.15, 0.2) is 0 Å². The Morgan fingerprint density at radius 2 is 0.957 bits per heavy atom. The number of nitrogens with zero attached hydrogens (tertiary/aromatic N) is 1. The van der Waals surface area contributed by atoms with Crippen molar-refractivity contribution in [3.05, 3.63) is 0 Å². The summed E-state index contributed by atoms with van der Waals surface area (Å²) in [6.07, 6.45) is 20.2. The van der Waals surface area contributed by atoms with Gasteiger partial charge in [0.1, 0.15) is 0 Å². The molecule has 3 heteroatoms. The Bertz CT molecular complexity index is 198. The first-order chi connectivity index (χ1) is 10.8. The summed E-state index contributed by atoms with van der Waals surface area (Å²) >= 11 is 0. The fraction of sp³-hybridized carbons (Fsp3) is 1.00. The van der Waals surface area contributed by atoms with Gasteiger partial charge in [-0.25, -0.2) is 0 Å². The van der Waals surface area contributed by atoms with Crippen LogP contribution in [0.3, 0.4) is 0 Å². The van der Waals surface area contributed by atoms with Crippen molar-refractivity contribution >= 4 is 17.0 Å². The average molecular weight is 393 g/mol. The molecule has 0 aliphatic rings. The maximum absolute atomic E-state index is 3.52. The Hall–Kier alpha value is 0.400. The zero-order valence-electron chi connectivity index (χ0n) is 16.4. The van der Waals surface area contributed by atoms with Crippen LogP contribution in [0.25, 0.3) is 0 Å². The minimum absolute atomic E-state index is 0. The Balaban J connectivity index is 0. The normalized spacial score (nSPS) is 11.0. The van der Waals surface area contributed by atoms with Crippen LogP contribution in [0.15, 0.2) is 0 Å². The molecule has 0 amide bonds. The molecule has 0 aliphatic heterocycles. The Labute approximate surface area is 157 Å².